The van der Waals surface area contributed by atoms with Gasteiger partial charge in [0.1, 0.15) is 0 Å². The zero-order valence-electron chi connectivity index (χ0n) is 36.9. The molecule has 0 heterocycles. The van der Waals surface area contributed by atoms with Crippen molar-refractivity contribution in [2.75, 3.05) is 0 Å². The fraction of sp³-hybridized carbons (Fsp3) is 0.537. The smallest absolute Gasteiger partial charge is 0.0407 e. The van der Waals surface area contributed by atoms with Gasteiger partial charge in [-0.2, -0.15) is 34.4 Å². The summed E-state index contributed by atoms with van der Waals surface area (Å²) in [5.41, 5.74) is 15.3. The van der Waals surface area contributed by atoms with Gasteiger partial charge in [0.05, 0.1) is 0 Å². The molecule has 3 aromatic carbocycles. The van der Waals surface area contributed by atoms with Crippen molar-refractivity contribution in [1.82, 2.24) is 0 Å². The maximum absolute atomic E-state index is 2.62. The number of fused-ring (bicyclic) bond motifs is 6. The molecular weight excluding hydrogens is 811 g/mol. The van der Waals surface area contributed by atoms with Crippen molar-refractivity contribution in [1.29, 1.82) is 0 Å². The van der Waals surface area contributed by atoms with Crippen LogP contribution in [0.15, 0.2) is 102 Å². The van der Waals surface area contributed by atoms with Gasteiger partial charge in [0, 0.05) is 0 Å². The number of aryl methyl sites for hydroxylation is 1. The van der Waals surface area contributed by atoms with E-state index in [1.807, 2.05) is 6.07 Å². The minimum Gasteiger partial charge on any atom is -1.00 e. The first-order chi connectivity index (χ1) is 25.9. The zero-order valence-corrected chi connectivity index (χ0v) is 40.9. The van der Waals surface area contributed by atoms with Crippen molar-refractivity contribution in [2.24, 2.45) is 51.2 Å². The summed E-state index contributed by atoms with van der Waals surface area (Å²) in [7, 11) is 0. The molecule has 0 spiro atoms. The van der Waals surface area contributed by atoms with Crippen LogP contribution in [0.1, 0.15) is 142 Å². The predicted octanol–water partition coefficient (Wildman–Crippen LogP) is 8.18. The Morgan fingerprint density at radius 2 is 1.39 bits per heavy atom. The Hall–Kier alpha value is -1.79. The van der Waals surface area contributed by atoms with Gasteiger partial charge >= 0.3 is 70.3 Å². The number of benzene rings is 2. The monoisotopic (exact) mass is 876 g/mol. The second-order valence-electron chi connectivity index (χ2n) is 21.0. The van der Waals surface area contributed by atoms with Gasteiger partial charge in [-0.1, -0.05) is 133 Å². The van der Waals surface area contributed by atoms with Crippen LogP contribution in [0.2, 0.25) is 0 Å². The van der Waals surface area contributed by atoms with Gasteiger partial charge in [0.25, 0.3) is 0 Å². The molecule has 0 nitrogen and oxygen atoms in total. The molecule has 11 rings (SSSR count). The second kappa shape index (κ2) is 15.9. The van der Waals surface area contributed by atoms with Crippen LogP contribution in [-0.2, 0) is 36.1 Å². The van der Waals surface area contributed by atoms with Crippen molar-refractivity contribution in [3.8, 4) is 0 Å². The summed E-state index contributed by atoms with van der Waals surface area (Å²) < 4.78 is 1.46. The summed E-state index contributed by atoms with van der Waals surface area (Å²) in [6.45, 7) is 27.3. The van der Waals surface area contributed by atoms with Gasteiger partial charge < -0.3 is 24.8 Å². The molecule has 0 saturated heterocycles. The normalized spacial score (nSPS) is 32.6. The number of halogens is 2. The molecule has 0 amide bonds. The number of hydrogen-bond acceptors (Lipinski definition) is 0. The van der Waals surface area contributed by atoms with Crippen LogP contribution >= 0.6 is 0 Å². The number of hydrogen-bond donors (Lipinski definition) is 0. The fourth-order valence-electron chi connectivity index (χ4n) is 13.8. The molecule has 8 aliphatic carbocycles. The molecular formula is C54H68Cl2Zr-2. The van der Waals surface area contributed by atoms with E-state index in [2.05, 4.69) is 155 Å². The van der Waals surface area contributed by atoms with E-state index in [1.165, 1.54) is 88.2 Å². The molecule has 304 valence electrons. The quantitative estimate of drug-likeness (QED) is 0.228. The molecule has 4 bridgehead atoms. The molecule has 0 aliphatic heterocycles. The summed E-state index contributed by atoms with van der Waals surface area (Å²) in [6.07, 6.45) is 16.1. The van der Waals surface area contributed by atoms with Crippen molar-refractivity contribution in [3.63, 3.8) is 0 Å². The molecule has 0 radical (unpaired) electrons. The van der Waals surface area contributed by atoms with Crippen LogP contribution in [0.25, 0.3) is 5.57 Å². The molecule has 3 heteroatoms. The van der Waals surface area contributed by atoms with Gasteiger partial charge in [0.15, 0.2) is 0 Å². The number of rotatable bonds is 2. The third-order valence-electron chi connectivity index (χ3n) is 18.4. The first-order valence-electron chi connectivity index (χ1n) is 21.9. The Balaban J connectivity index is 0.000000165. The maximum Gasteiger partial charge on any atom is -0.0407 e. The fourth-order valence-corrected chi connectivity index (χ4v) is 14.2. The van der Waals surface area contributed by atoms with E-state index >= 15 is 0 Å². The Labute approximate surface area is 374 Å². The minimum absolute atomic E-state index is 0. The Kier molecular flexibility index (Phi) is 12.5. The summed E-state index contributed by atoms with van der Waals surface area (Å²) in [5.74, 6) is 6.38. The zero-order chi connectivity index (χ0) is 39.3. The van der Waals surface area contributed by atoms with Gasteiger partial charge in [0.2, 0.25) is 0 Å². The van der Waals surface area contributed by atoms with Crippen LogP contribution in [0.4, 0.5) is 0 Å². The third-order valence-corrected chi connectivity index (χ3v) is 19.1. The van der Waals surface area contributed by atoms with E-state index in [4.69, 9.17) is 0 Å². The van der Waals surface area contributed by atoms with Crippen molar-refractivity contribution in [3.05, 3.63) is 135 Å². The maximum atomic E-state index is 2.62. The average molecular weight is 879 g/mol. The molecule has 3 aromatic rings. The van der Waals surface area contributed by atoms with E-state index < -0.39 is 0 Å². The van der Waals surface area contributed by atoms with Crippen molar-refractivity contribution < 1.29 is 49.0 Å². The Morgan fingerprint density at radius 1 is 0.789 bits per heavy atom. The summed E-state index contributed by atoms with van der Waals surface area (Å²) >= 11 is 1.51. The summed E-state index contributed by atoms with van der Waals surface area (Å²) in [5, 5.41) is 0. The summed E-state index contributed by atoms with van der Waals surface area (Å²) in [6, 6.07) is 26.8. The van der Waals surface area contributed by atoms with Gasteiger partial charge in [-0.15, -0.1) is 6.92 Å². The van der Waals surface area contributed by atoms with Crippen LogP contribution in [0.3, 0.4) is 0 Å². The van der Waals surface area contributed by atoms with Crippen molar-refractivity contribution >= 4 is 8.78 Å². The van der Waals surface area contributed by atoms with Gasteiger partial charge in [-0.25, -0.2) is 12.0 Å². The summed E-state index contributed by atoms with van der Waals surface area (Å²) in [4.78, 5) is 0. The Bertz CT molecular complexity index is 2040. The predicted molar refractivity (Wildman–Crippen MR) is 232 cm³/mol. The minimum atomic E-state index is 0. The SMILES string of the molecule is C[C-]1C2=C3Cc4ccccc4C3=C3C=CCCC3C2(C)C(C)(C)C(C)(C)C1(C)C.C[C](=[Zr+2])c1ccccc1.Cc1cc(C2(C)C3CC4CC(C3)CC2C4)c[cH-]1.[Cl-].[Cl-]. The second-order valence-corrected chi connectivity index (χ2v) is 22.9. The molecule has 0 aromatic heterocycles. The van der Waals surface area contributed by atoms with E-state index in [0.29, 0.717) is 11.3 Å². The topological polar surface area (TPSA) is 0 Å². The number of allylic oxidation sites excluding steroid dienone is 6. The van der Waals surface area contributed by atoms with Crippen LogP contribution < -0.4 is 24.8 Å². The average Bonchev–Trinajstić information content (AvgIpc) is 3.78. The van der Waals surface area contributed by atoms with Gasteiger partial charge in [-0.3, -0.25) is 0 Å². The van der Waals surface area contributed by atoms with E-state index in [1.54, 1.807) is 40.2 Å². The molecule has 5 fully saturated rings. The molecule has 2 unspecified atom stereocenters. The van der Waals surface area contributed by atoms with Crippen LogP contribution in [-0.4, -0.2) is 3.21 Å². The van der Waals surface area contributed by atoms with Crippen molar-refractivity contribution in [2.45, 2.75) is 133 Å². The molecule has 5 saturated carbocycles. The molecule has 0 N–H and O–H groups in total. The van der Waals surface area contributed by atoms with E-state index in [9.17, 15) is 0 Å². The largest absolute Gasteiger partial charge is 1.00 e. The molecule has 2 atom stereocenters. The van der Waals surface area contributed by atoms with Crippen LogP contribution in [0.5, 0.6) is 0 Å². The Morgan fingerprint density at radius 3 is 1.95 bits per heavy atom. The standard InChI is InChI=1S/C29H37.C17H23.C8H8.2ClH.Zr/c1-18-25-22-17-19-13-9-10-14-20(19)24(22)21-15-11-12-16-23(21)29(25,8)28(6,7)27(4,5)26(18,2)3;1-11-3-4-14(5-11)17(2)15-7-12-6-13(9-15)10-16(17)8-12;1-2-8-6-4-3-5-7-8;;;/h9-11,13-15,23H,12,16-17H2,1-8H3;3-5,12-13,15-16H,6-10H2,1-2H3;3-7H,1H3;2*1H;/q2*-1;;;;+2/p-2. The van der Waals surface area contributed by atoms with E-state index in [0.717, 1.165) is 30.1 Å². The van der Waals surface area contributed by atoms with Gasteiger partial charge in [-0.05, 0) is 96.3 Å². The first-order valence-corrected chi connectivity index (χ1v) is 23.1. The molecule has 8 aliphatic rings. The third kappa shape index (κ3) is 6.73. The van der Waals surface area contributed by atoms with Crippen LogP contribution in [0, 0.1) is 64.1 Å². The first kappa shape index (κ1) is 44.8. The van der Waals surface area contributed by atoms with E-state index in [-0.39, 0.29) is 46.5 Å². The molecule has 57 heavy (non-hydrogen) atoms.